The van der Waals surface area contributed by atoms with Crippen molar-refractivity contribution in [1.82, 2.24) is 19.7 Å². The van der Waals surface area contributed by atoms with Crippen LogP contribution in [0.3, 0.4) is 0 Å². The van der Waals surface area contributed by atoms with Crippen molar-refractivity contribution in [3.8, 4) is 5.82 Å². The summed E-state index contributed by atoms with van der Waals surface area (Å²) in [6, 6.07) is 1.72. The molecule has 0 aliphatic carbocycles. The molecule has 0 fully saturated rings. The molecule has 2 rings (SSSR count). The zero-order valence-corrected chi connectivity index (χ0v) is 10.2. The predicted octanol–water partition coefficient (Wildman–Crippen LogP) is 1.76. The Morgan fingerprint density at radius 3 is 2.88 bits per heavy atom. The summed E-state index contributed by atoms with van der Waals surface area (Å²) in [6.07, 6.45) is 4.79. The molecular formula is C11H13ClN4O. The van der Waals surface area contributed by atoms with Gasteiger partial charge in [-0.1, -0.05) is 24.9 Å². The second-order valence-corrected chi connectivity index (χ2v) is 3.96. The molecule has 2 heterocycles. The van der Waals surface area contributed by atoms with E-state index in [-0.39, 0.29) is 6.61 Å². The van der Waals surface area contributed by atoms with Gasteiger partial charge in [0.1, 0.15) is 11.5 Å². The third kappa shape index (κ3) is 2.30. The van der Waals surface area contributed by atoms with E-state index >= 15 is 0 Å². The summed E-state index contributed by atoms with van der Waals surface area (Å²) in [6.45, 7) is 1.94. The van der Waals surface area contributed by atoms with Crippen molar-refractivity contribution in [2.75, 3.05) is 0 Å². The molecule has 0 aromatic carbocycles. The fourth-order valence-corrected chi connectivity index (χ4v) is 1.92. The average molecular weight is 253 g/mol. The van der Waals surface area contributed by atoms with E-state index in [1.165, 1.54) is 11.0 Å². The highest BCUT2D eigenvalue weighted by Gasteiger charge is 2.16. The van der Waals surface area contributed by atoms with Crippen molar-refractivity contribution >= 4 is 11.6 Å². The number of aliphatic hydroxyl groups excluding tert-OH is 1. The Morgan fingerprint density at radius 1 is 1.47 bits per heavy atom. The van der Waals surface area contributed by atoms with Crippen LogP contribution in [0.1, 0.15) is 24.6 Å². The molecule has 5 nitrogen and oxygen atoms in total. The third-order valence-corrected chi connectivity index (χ3v) is 2.82. The largest absolute Gasteiger partial charge is 0.391 e. The number of hydrogen-bond donors (Lipinski definition) is 1. The predicted molar refractivity (Wildman–Crippen MR) is 64.1 cm³/mol. The molecule has 0 saturated carbocycles. The van der Waals surface area contributed by atoms with Crippen LogP contribution in [0.15, 0.2) is 18.6 Å². The molecule has 0 spiro atoms. The normalized spacial score (nSPS) is 10.8. The van der Waals surface area contributed by atoms with E-state index in [0.29, 0.717) is 16.5 Å². The number of nitrogens with zero attached hydrogens (tertiary/aromatic N) is 4. The first-order chi connectivity index (χ1) is 8.27. The van der Waals surface area contributed by atoms with E-state index in [9.17, 15) is 5.11 Å². The van der Waals surface area contributed by atoms with E-state index in [4.69, 9.17) is 11.6 Å². The number of aromatic nitrogens is 4. The van der Waals surface area contributed by atoms with Gasteiger partial charge in [0.05, 0.1) is 12.3 Å². The van der Waals surface area contributed by atoms with Crippen LogP contribution in [0.25, 0.3) is 5.82 Å². The standard InChI is InChI=1S/C11H13ClN4O/c1-2-3-9-8(6-17)11(12)16(15-9)10-4-5-13-7-14-10/h4-5,7,17H,2-3,6H2,1H3. The van der Waals surface area contributed by atoms with Crippen molar-refractivity contribution in [2.24, 2.45) is 0 Å². The van der Waals surface area contributed by atoms with Crippen LogP contribution < -0.4 is 0 Å². The number of aliphatic hydroxyl groups is 1. The highest BCUT2D eigenvalue weighted by atomic mass is 35.5. The van der Waals surface area contributed by atoms with Crippen LogP contribution >= 0.6 is 11.6 Å². The molecule has 2 aromatic rings. The SMILES string of the molecule is CCCc1nn(-c2ccncn2)c(Cl)c1CO. The maximum Gasteiger partial charge on any atom is 0.158 e. The lowest BCUT2D eigenvalue weighted by Gasteiger charge is -2.00. The maximum absolute atomic E-state index is 9.32. The highest BCUT2D eigenvalue weighted by molar-refractivity contribution is 6.30. The minimum absolute atomic E-state index is 0.112. The number of hydrogen-bond acceptors (Lipinski definition) is 4. The summed E-state index contributed by atoms with van der Waals surface area (Å²) in [5.74, 6) is 0.599. The van der Waals surface area contributed by atoms with E-state index in [0.717, 1.165) is 18.5 Å². The average Bonchev–Trinajstić information content (AvgIpc) is 2.67. The summed E-state index contributed by atoms with van der Waals surface area (Å²) in [4.78, 5) is 7.92. The van der Waals surface area contributed by atoms with Gasteiger partial charge in [0, 0.05) is 17.8 Å². The van der Waals surface area contributed by atoms with Gasteiger partial charge in [-0.05, 0) is 6.42 Å². The van der Waals surface area contributed by atoms with Crippen LogP contribution in [0.5, 0.6) is 0 Å². The van der Waals surface area contributed by atoms with Gasteiger partial charge in [0.15, 0.2) is 5.82 Å². The quantitative estimate of drug-likeness (QED) is 0.901. The topological polar surface area (TPSA) is 63.8 Å². The van der Waals surface area contributed by atoms with Gasteiger partial charge in [0.2, 0.25) is 0 Å². The lowest BCUT2D eigenvalue weighted by atomic mass is 10.2. The van der Waals surface area contributed by atoms with Crippen molar-refractivity contribution < 1.29 is 5.11 Å². The molecule has 2 aromatic heterocycles. The first-order valence-electron chi connectivity index (χ1n) is 5.41. The van der Waals surface area contributed by atoms with Gasteiger partial charge < -0.3 is 5.11 Å². The second-order valence-electron chi connectivity index (χ2n) is 3.60. The molecule has 0 saturated heterocycles. The van der Waals surface area contributed by atoms with Gasteiger partial charge in [-0.3, -0.25) is 0 Å². The maximum atomic E-state index is 9.32. The Kier molecular flexibility index (Phi) is 3.71. The smallest absolute Gasteiger partial charge is 0.158 e. The molecule has 90 valence electrons. The number of rotatable bonds is 4. The zero-order valence-electron chi connectivity index (χ0n) is 9.47. The Bertz CT molecular complexity index is 498. The van der Waals surface area contributed by atoms with Crippen molar-refractivity contribution in [3.05, 3.63) is 35.0 Å². The van der Waals surface area contributed by atoms with Crippen LogP contribution in [-0.2, 0) is 13.0 Å². The van der Waals surface area contributed by atoms with Crippen LogP contribution in [0.2, 0.25) is 5.15 Å². The highest BCUT2D eigenvalue weighted by Crippen LogP contribution is 2.23. The fourth-order valence-electron chi connectivity index (χ4n) is 1.63. The van der Waals surface area contributed by atoms with Crippen LogP contribution in [-0.4, -0.2) is 24.9 Å². The minimum Gasteiger partial charge on any atom is -0.391 e. The molecule has 1 N–H and O–H groups in total. The van der Waals surface area contributed by atoms with E-state index in [1.807, 2.05) is 0 Å². The van der Waals surface area contributed by atoms with Crippen molar-refractivity contribution in [1.29, 1.82) is 0 Å². The molecule has 0 amide bonds. The van der Waals surface area contributed by atoms with Crippen molar-refractivity contribution in [2.45, 2.75) is 26.4 Å². The van der Waals surface area contributed by atoms with E-state index < -0.39 is 0 Å². The summed E-state index contributed by atoms with van der Waals surface area (Å²) < 4.78 is 1.53. The van der Waals surface area contributed by atoms with Crippen LogP contribution in [0, 0.1) is 0 Å². The molecule has 17 heavy (non-hydrogen) atoms. The van der Waals surface area contributed by atoms with Gasteiger partial charge >= 0.3 is 0 Å². The molecule has 0 unspecified atom stereocenters. The van der Waals surface area contributed by atoms with Crippen LogP contribution in [0.4, 0.5) is 0 Å². The number of halogens is 1. The second kappa shape index (κ2) is 5.25. The summed E-state index contributed by atoms with van der Waals surface area (Å²) in [5.41, 5.74) is 1.49. The molecular weight excluding hydrogens is 240 g/mol. The lowest BCUT2D eigenvalue weighted by Crippen LogP contribution is -2.00. The van der Waals surface area contributed by atoms with Gasteiger partial charge in [-0.2, -0.15) is 5.10 Å². The Hall–Kier alpha value is -1.46. The third-order valence-electron chi connectivity index (χ3n) is 2.43. The Balaban J connectivity index is 2.49. The van der Waals surface area contributed by atoms with Crippen molar-refractivity contribution in [3.63, 3.8) is 0 Å². The molecule has 0 aliphatic heterocycles. The van der Waals surface area contributed by atoms with E-state index in [2.05, 4.69) is 22.0 Å². The first-order valence-corrected chi connectivity index (χ1v) is 5.79. The fraction of sp³-hybridized carbons (Fsp3) is 0.364. The number of aryl methyl sites for hydroxylation is 1. The van der Waals surface area contributed by atoms with E-state index in [1.54, 1.807) is 12.3 Å². The minimum atomic E-state index is -0.112. The van der Waals surface area contributed by atoms with Gasteiger partial charge in [0.25, 0.3) is 0 Å². The Morgan fingerprint density at radius 2 is 2.29 bits per heavy atom. The summed E-state index contributed by atoms with van der Waals surface area (Å²) in [5, 5.41) is 14.1. The molecule has 0 bridgehead atoms. The summed E-state index contributed by atoms with van der Waals surface area (Å²) >= 11 is 6.18. The summed E-state index contributed by atoms with van der Waals surface area (Å²) in [7, 11) is 0. The zero-order chi connectivity index (χ0) is 12.3. The Labute approximate surface area is 104 Å². The lowest BCUT2D eigenvalue weighted by molar-refractivity contribution is 0.280. The molecule has 0 atom stereocenters. The molecule has 0 radical (unpaired) electrons. The van der Waals surface area contributed by atoms with Gasteiger partial charge in [-0.25, -0.2) is 14.6 Å². The molecule has 0 aliphatic rings. The molecule has 6 heteroatoms. The van der Waals surface area contributed by atoms with Gasteiger partial charge in [-0.15, -0.1) is 0 Å². The first kappa shape index (κ1) is 12.0. The monoisotopic (exact) mass is 252 g/mol.